The van der Waals surface area contributed by atoms with Crippen LogP contribution < -0.4 is 5.56 Å². The average molecular weight is 337 g/mol. The maximum atomic E-state index is 11.9. The lowest BCUT2D eigenvalue weighted by Gasteiger charge is -2.19. The topological polar surface area (TPSA) is 48.3 Å². The smallest absolute Gasteiger partial charge is 0.328 e. The van der Waals surface area contributed by atoms with Crippen molar-refractivity contribution in [2.24, 2.45) is 5.92 Å². The van der Waals surface area contributed by atoms with Gasteiger partial charge in [0.15, 0.2) is 0 Å². The lowest BCUT2D eigenvalue weighted by Crippen LogP contribution is -2.31. The van der Waals surface area contributed by atoms with E-state index in [2.05, 4.69) is 15.9 Å². The van der Waals surface area contributed by atoms with Gasteiger partial charge in [0.05, 0.1) is 12.1 Å². The van der Waals surface area contributed by atoms with Crippen LogP contribution in [0.1, 0.15) is 26.3 Å². The molecule has 4 nitrogen and oxygen atoms in total. The second-order valence-corrected chi connectivity index (χ2v) is 5.64. The first-order valence-electron chi connectivity index (χ1n) is 5.51. The van der Waals surface area contributed by atoms with Crippen LogP contribution in [0.3, 0.4) is 0 Å². The van der Waals surface area contributed by atoms with Gasteiger partial charge >= 0.3 is 5.97 Å². The van der Waals surface area contributed by atoms with Crippen molar-refractivity contribution in [2.75, 3.05) is 7.11 Å². The molecule has 0 N–H and O–H groups in total. The molecule has 100 valence electrons. The summed E-state index contributed by atoms with van der Waals surface area (Å²) in [5.74, 6) is -0.187. The molecule has 18 heavy (non-hydrogen) atoms. The fraction of sp³-hybridized carbons (Fsp3) is 0.500. The zero-order chi connectivity index (χ0) is 13.9. The molecule has 0 aliphatic heterocycles. The van der Waals surface area contributed by atoms with Gasteiger partial charge in [-0.3, -0.25) is 9.36 Å². The van der Waals surface area contributed by atoms with Gasteiger partial charge in [-0.15, -0.1) is 0 Å². The molecule has 1 unspecified atom stereocenters. The molecule has 1 aromatic heterocycles. The number of hydrogen-bond acceptors (Lipinski definition) is 3. The number of pyridine rings is 1. The summed E-state index contributed by atoms with van der Waals surface area (Å²) in [5.41, 5.74) is -0.290. The van der Waals surface area contributed by atoms with Gasteiger partial charge in [-0.05, 0) is 28.3 Å². The van der Waals surface area contributed by atoms with E-state index >= 15 is 0 Å². The highest BCUT2D eigenvalue weighted by Crippen LogP contribution is 2.23. The first-order valence-corrected chi connectivity index (χ1v) is 6.69. The van der Waals surface area contributed by atoms with Crippen LogP contribution in [0.4, 0.5) is 0 Å². The molecule has 0 fully saturated rings. The van der Waals surface area contributed by atoms with Crippen LogP contribution in [0, 0.1) is 5.92 Å². The fourth-order valence-corrected chi connectivity index (χ4v) is 2.11. The number of nitrogens with zero attached hydrogens (tertiary/aromatic N) is 1. The van der Waals surface area contributed by atoms with Crippen LogP contribution in [0.25, 0.3) is 0 Å². The maximum Gasteiger partial charge on any atom is 0.328 e. The van der Waals surface area contributed by atoms with Crippen molar-refractivity contribution in [3.8, 4) is 0 Å². The molecule has 1 atom stereocenters. The molecule has 1 heterocycles. The molecular weight excluding hydrogens is 321 g/mol. The molecule has 0 saturated heterocycles. The molecule has 0 aliphatic rings. The SMILES string of the molecule is COC(=O)C(CC(C)C)n1cc(Cl)c(Br)cc1=O. The molecule has 1 aromatic rings. The van der Waals surface area contributed by atoms with E-state index in [-0.39, 0.29) is 11.5 Å². The predicted molar refractivity (Wildman–Crippen MR) is 73.9 cm³/mol. The number of carbonyl (C=O) groups excluding carboxylic acids is 1. The van der Waals surface area contributed by atoms with E-state index in [0.717, 1.165) is 0 Å². The molecule has 1 rings (SSSR count). The van der Waals surface area contributed by atoms with E-state index in [9.17, 15) is 9.59 Å². The van der Waals surface area contributed by atoms with E-state index in [1.807, 2.05) is 13.8 Å². The number of hydrogen-bond donors (Lipinski definition) is 0. The van der Waals surface area contributed by atoms with Gasteiger partial charge in [-0.2, -0.15) is 0 Å². The standard InChI is InChI=1S/C12H15BrClNO3/c1-7(2)4-10(12(17)18-3)15-6-9(14)8(13)5-11(15)16/h5-7,10H,4H2,1-3H3. The van der Waals surface area contributed by atoms with Crippen LogP contribution in [0.5, 0.6) is 0 Å². The number of ether oxygens (including phenoxy) is 1. The summed E-state index contributed by atoms with van der Waals surface area (Å²) in [6.07, 6.45) is 1.97. The lowest BCUT2D eigenvalue weighted by atomic mass is 10.0. The molecule has 0 amide bonds. The van der Waals surface area contributed by atoms with Crippen molar-refractivity contribution >= 4 is 33.5 Å². The monoisotopic (exact) mass is 335 g/mol. The van der Waals surface area contributed by atoms with Gasteiger partial charge in [-0.1, -0.05) is 25.4 Å². The number of carbonyl (C=O) groups is 1. The molecular formula is C12H15BrClNO3. The quantitative estimate of drug-likeness (QED) is 0.794. The van der Waals surface area contributed by atoms with Crippen LogP contribution in [0.15, 0.2) is 21.5 Å². The average Bonchev–Trinajstić information content (AvgIpc) is 2.30. The van der Waals surface area contributed by atoms with Crippen LogP contribution in [0.2, 0.25) is 5.02 Å². The minimum atomic E-state index is -0.645. The van der Waals surface area contributed by atoms with Crippen LogP contribution in [-0.2, 0) is 9.53 Å². The molecule has 6 heteroatoms. The first kappa shape index (κ1) is 15.2. The zero-order valence-electron chi connectivity index (χ0n) is 10.4. The van der Waals surface area contributed by atoms with Gasteiger partial charge in [0.1, 0.15) is 6.04 Å². The van der Waals surface area contributed by atoms with E-state index in [0.29, 0.717) is 15.9 Å². The maximum absolute atomic E-state index is 11.9. The summed E-state index contributed by atoms with van der Waals surface area (Å²) in [4.78, 5) is 23.7. The van der Waals surface area contributed by atoms with Gasteiger partial charge in [0.25, 0.3) is 5.56 Å². The van der Waals surface area contributed by atoms with Crippen molar-refractivity contribution < 1.29 is 9.53 Å². The van der Waals surface area contributed by atoms with E-state index in [1.165, 1.54) is 23.9 Å². The van der Waals surface area contributed by atoms with Crippen molar-refractivity contribution in [1.82, 2.24) is 4.57 Å². The lowest BCUT2D eigenvalue weighted by molar-refractivity contribution is -0.145. The molecule has 0 saturated carbocycles. The second-order valence-electron chi connectivity index (χ2n) is 4.38. The Bertz CT molecular complexity index is 499. The summed E-state index contributed by atoms with van der Waals surface area (Å²) in [6, 6.07) is 0.701. The number of halogens is 2. The van der Waals surface area contributed by atoms with Crippen molar-refractivity contribution in [3.63, 3.8) is 0 Å². The Balaban J connectivity index is 3.24. The van der Waals surface area contributed by atoms with Gasteiger partial charge in [0, 0.05) is 16.7 Å². The van der Waals surface area contributed by atoms with Gasteiger partial charge < -0.3 is 4.74 Å². The largest absolute Gasteiger partial charge is 0.467 e. The van der Waals surface area contributed by atoms with Gasteiger partial charge in [-0.25, -0.2) is 4.79 Å². The minimum Gasteiger partial charge on any atom is -0.467 e. The van der Waals surface area contributed by atoms with E-state index in [1.54, 1.807) is 0 Å². The van der Waals surface area contributed by atoms with Gasteiger partial charge in [0.2, 0.25) is 0 Å². The van der Waals surface area contributed by atoms with E-state index < -0.39 is 12.0 Å². The van der Waals surface area contributed by atoms with Crippen LogP contribution >= 0.6 is 27.5 Å². The number of rotatable bonds is 4. The summed E-state index contributed by atoms with van der Waals surface area (Å²) < 4.78 is 6.57. The Morgan fingerprint density at radius 2 is 2.17 bits per heavy atom. The Morgan fingerprint density at radius 3 is 2.67 bits per heavy atom. The Morgan fingerprint density at radius 1 is 1.56 bits per heavy atom. The Kier molecular flexibility index (Phi) is 5.41. The molecule has 0 bridgehead atoms. The van der Waals surface area contributed by atoms with Crippen molar-refractivity contribution in [2.45, 2.75) is 26.3 Å². The minimum absolute atomic E-state index is 0.253. The number of methoxy groups -OCH3 is 1. The van der Waals surface area contributed by atoms with E-state index in [4.69, 9.17) is 16.3 Å². The van der Waals surface area contributed by atoms with Crippen LogP contribution in [-0.4, -0.2) is 17.6 Å². The second kappa shape index (κ2) is 6.38. The molecule has 0 radical (unpaired) electrons. The highest BCUT2D eigenvalue weighted by molar-refractivity contribution is 9.10. The number of aromatic nitrogens is 1. The Labute approximate surface area is 119 Å². The highest BCUT2D eigenvalue weighted by atomic mass is 79.9. The molecule has 0 aromatic carbocycles. The summed E-state index contributed by atoms with van der Waals surface area (Å²) in [7, 11) is 1.31. The summed E-state index contributed by atoms with van der Waals surface area (Å²) in [5, 5.41) is 0.382. The summed E-state index contributed by atoms with van der Waals surface area (Å²) in [6.45, 7) is 3.95. The number of esters is 1. The van der Waals surface area contributed by atoms with Crippen molar-refractivity contribution in [3.05, 3.63) is 32.1 Å². The third-order valence-electron chi connectivity index (χ3n) is 2.49. The third kappa shape index (κ3) is 3.59. The zero-order valence-corrected chi connectivity index (χ0v) is 12.8. The Hall–Kier alpha value is -0.810. The first-order chi connectivity index (χ1) is 8.36. The predicted octanol–water partition coefficient (Wildman–Crippen LogP) is 3.02. The van der Waals surface area contributed by atoms with Crippen molar-refractivity contribution in [1.29, 1.82) is 0 Å². The molecule has 0 spiro atoms. The normalized spacial score (nSPS) is 12.6. The molecule has 0 aliphatic carbocycles. The third-order valence-corrected chi connectivity index (χ3v) is 3.67. The summed E-state index contributed by atoms with van der Waals surface area (Å²) >= 11 is 9.13. The fourth-order valence-electron chi connectivity index (χ4n) is 1.65. The highest BCUT2D eigenvalue weighted by Gasteiger charge is 2.23.